The van der Waals surface area contributed by atoms with Gasteiger partial charge in [0, 0.05) is 16.2 Å². The van der Waals surface area contributed by atoms with Gasteiger partial charge < -0.3 is 4.74 Å². The lowest BCUT2D eigenvalue weighted by molar-refractivity contribution is 0.0599. The van der Waals surface area contributed by atoms with Gasteiger partial charge in [-0.15, -0.1) is 11.8 Å². The zero-order valence-corrected chi connectivity index (χ0v) is 11.2. The van der Waals surface area contributed by atoms with E-state index in [-0.39, 0.29) is 11.4 Å². The number of rotatable bonds is 4. The number of hydrogen-bond donors (Lipinski definition) is 0. The Balaban J connectivity index is 2.22. The van der Waals surface area contributed by atoms with Gasteiger partial charge in [0.2, 0.25) is 0 Å². The molecule has 0 unspecified atom stereocenters. The number of halogens is 1. The van der Waals surface area contributed by atoms with Crippen LogP contribution >= 0.6 is 11.8 Å². The summed E-state index contributed by atoms with van der Waals surface area (Å²) in [7, 11) is 1.29. The topological polar surface area (TPSA) is 26.3 Å². The number of esters is 1. The smallest absolute Gasteiger partial charge is 0.338 e. The predicted octanol–water partition coefficient (Wildman–Crippen LogP) is 3.90. The van der Waals surface area contributed by atoms with Crippen LogP contribution in [0.15, 0.2) is 53.4 Å². The zero-order chi connectivity index (χ0) is 13.7. The SMILES string of the molecule is COC(=O)c1cccc(F)c1CSc1ccccc1. The quantitative estimate of drug-likeness (QED) is 0.625. The first-order chi connectivity index (χ1) is 9.22. The highest BCUT2D eigenvalue weighted by Crippen LogP contribution is 2.26. The van der Waals surface area contributed by atoms with E-state index in [0.717, 1.165) is 4.90 Å². The third kappa shape index (κ3) is 3.35. The molecule has 0 heterocycles. The first-order valence-corrected chi connectivity index (χ1v) is 6.74. The normalized spacial score (nSPS) is 10.2. The Bertz CT molecular complexity index is 570. The van der Waals surface area contributed by atoms with Crippen LogP contribution in [0.25, 0.3) is 0 Å². The van der Waals surface area contributed by atoms with Crippen molar-refractivity contribution in [2.24, 2.45) is 0 Å². The molecule has 0 radical (unpaired) electrons. The van der Waals surface area contributed by atoms with Crippen LogP contribution in [0.3, 0.4) is 0 Å². The summed E-state index contributed by atoms with van der Waals surface area (Å²) in [5.41, 5.74) is 0.661. The van der Waals surface area contributed by atoms with Crippen LogP contribution in [0.5, 0.6) is 0 Å². The second-order valence-corrected chi connectivity index (χ2v) is 4.91. The summed E-state index contributed by atoms with van der Waals surface area (Å²) in [5.74, 6) is -0.504. The maximum atomic E-state index is 13.8. The van der Waals surface area contributed by atoms with E-state index in [2.05, 4.69) is 4.74 Å². The Labute approximate surface area is 115 Å². The van der Waals surface area contributed by atoms with Crippen molar-refractivity contribution in [1.82, 2.24) is 0 Å². The lowest BCUT2D eigenvalue weighted by Gasteiger charge is -2.08. The number of carbonyl (C=O) groups is 1. The standard InChI is InChI=1S/C15H13FO2S/c1-18-15(17)12-8-5-9-14(16)13(12)10-19-11-6-3-2-4-7-11/h2-9H,10H2,1H3. The average molecular weight is 276 g/mol. The first kappa shape index (κ1) is 13.6. The van der Waals surface area contributed by atoms with Crippen molar-refractivity contribution in [3.05, 3.63) is 65.5 Å². The van der Waals surface area contributed by atoms with Crippen molar-refractivity contribution in [1.29, 1.82) is 0 Å². The van der Waals surface area contributed by atoms with Crippen molar-refractivity contribution in [3.8, 4) is 0 Å². The fourth-order valence-corrected chi connectivity index (χ4v) is 2.63. The van der Waals surface area contributed by atoms with Gasteiger partial charge in [0.1, 0.15) is 5.82 Å². The number of thioether (sulfide) groups is 1. The second kappa shape index (κ2) is 6.38. The summed E-state index contributed by atoms with van der Waals surface area (Å²) < 4.78 is 18.5. The van der Waals surface area contributed by atoms with Gasteiger partial charge in [-0.3, -0.25) is 0 Å². The lowest BCUT2D eigenvalue weighted by Crippen LogP contribution is -2.06. The van der Waals surface area contributed by atoms with Gasteiger partial charge in [-0.25, -0.2) is 9.18 Å². The molecule has 0 spiro atoms. The van der Waals surface area contributed by atoms with E-state index >= 15 is 0 Å². The zero-order valence-electron chi connectivity index (χ0n) is 10.4. The maximum absolute atomic E-state index is 13.8. The van der Waals surface area contributed by atoms with E-state index in [9.17, 15) is 9.18 Å². The van der Waals surface area contributed by atoms with Gasteiger partial charge in [-0.05, 0) is 24.3 Å². The molecular weight excluding hydrogens is 263 g/mol. The van der Waals surface area contributed by atoms with Crippen LogP contribution in [-0.2, 0) is 10.5 Å². The molecule has 0 amide bonds. The van der Waals surface area contributed by atoms with E-state index in [4.69, 9.17) is 0 Å². The van der Waals surface area contributed by atoms with E-state index in [1.807, 2.05) is 30.3 Å². The van der Waals surface area contributed by atoms with Gasteiger partial charge in [0.25, 0.3) is 0 Å². The van der Waals surface area contributed by atoms with Crippen LogP contribution in [0, 0.1) is 5.82 Å². The van der Waals surface area contributed by atoms with E-state index in [1.54, 1.807) is 6.07 Å². The highest BCUT2D eigenvalue weighted by Gasteiger charge is 2.15. The third-order valence-electron chi connectivity index (χ3n) is 2.65. The molecule has 0 N–H and O–H groups in total. The number of carbonyl (C=O) groups excluding carboxylic acids is 1. The molecule has 2 aromatic carbocycles. The van der Waals surface area contributed by atoms with Gasteiger partial charge in [0.15, 0.2) is 0 Å². The molecule has 0 aromatic heterocycles. The molecule has 0 fully saturated rings. The Kier molecular flexibility index (Phi) is 4.58. The Morgan fingerprint density at radius 3 is 2.58 bits per heavy atom. The van der Waals surface area contributed by atoms with Crippen molar-refractivity contribution in [2.45, 2.75) is 10.6 Å². The van der Waals surface area contributed by atoms with Gasteiger partial charge >= 0.3 is 5.97 Å². The summed E-state index contributed by atoms with van der Waals surface area (Å²) in [6.45, 7) is 0. The van der Waals surface area contributed by atoms with E-state index in [1.165, 1.54) is 31.0 Å². The molecule has 2 nitrogen and oxygen atoms in total. The highest BCUT2D eigenvalue weighted by molar-refractivity contribution is 7.98. The summed E-state index contributed by atoms with van der Waals surface area (Å²) >= 11 is 1.48. The van der Waals surface area contributed by atoms with Gasteiger partial charge in [0.05, 0.1) is 12.7 Å². The molecular formula is C15H13FO2S. The third-order valence-corrected chi connectivity index (χ3v) is 3.69. The van der Waals surface area contributed by atoms with Crippen LogP contribution in [0.1, 0.15) is 15.9 Å². The molecule has 0 bridgehead atoms. The van der Waals surface area contributed by atoms with Crippen LogP contribution in [0.4, 0.5) is 4.39 Å². The Morgan fingerprint density at radius 2 is 1.89 bits per heavy atom. The lowest BCUT2D eigenvalue weighted by atomic mass is 10.1. The molecule has 0 aliphatic carbocycles. The molecule has 19 heavy (non-hydrogen) atoms. The van der Waals surface area contributed by atoms with Crippen molar-refractivity contribution < 1.29 is 13.9 Å². The van der Waals surface area contributed by atoms with E-state index < -0.39 is 5.97 Å². The molecule has 0 saturated heterocycles. The average Bonchev–Trinajstić information content (AvgIpc) is 2.46. The number of ether oxygens (including phenoxy) is 1. The van der Waals surface area contributed by atoms with Crippen LogP contribution < -0.4 is 0 Å². The van der Waals surface area contributed by atoms with Gasteiger partial charge in [-0.2, -0.15) is 0 Å². The predicted molar refractivity (Wildman–Crippen MR) is 73.7 cm³/mol. The summed E-state index contributed by atoms with van der Waals surface area (Å²) in [6, 6.07) is 14.1. The minimum Gasteiger partial charge on any atom is -0.465 e. The minimum atomic E-state index is -0.511. The fourth-order valence-electron chi connectivity index (χ4n) is 1.68. The second-order valence-electron chi connectivity index (χ2n) is 3.86. The van der Waals surface area contributed by atoms with Crippen LogP contribution in [-0.4, -0.2) is 13.1 Å². The Morgan fingerprint density at radius 1 is 1.16 bits per heavy atom. The first-order valence-electron chi connectivity index (χ1n) is 5.76. The van der Waals surface area contributed by atoms with Crippen molar-refractivity contribution in [2.75, 3.05) is 7.11 Å². The number of methoxy groups -OCH3 is 1. The number of benzene rings is 2. The molecule has 98 valence electrons. The van der Waals surface area contributed by atoms with Gasteiger partial charge in [-0.1, -0.05) is 24.3 Å². The summed E-state index contributed by atoms with van der Waals surface area (Å²) in [5, 5.41) is 0. The molecule has 2 rings (SSSR count). The molecule has 0 atom stereocenters. The molecule has 0 aliphatic heterocycles. The van der Waals surface area contributed by atoms with Crippen LogP contribution in [0.2, 0.25) is 0 Å². The summed E-state index contributed by atoms with van der Waals surface area (Å²) in [6.07, 6.45) is 0. The van der Waals surface area contributed by atoms with Crippen molar-refractivity contribution >= 4 is 17.7 Å². The summed E-state index contributed by atoms with van der Waals surface area (Å²) in [4.78, 5) is 12.6. The highest BCUT2D eigenvalue weighted by atomic mass is 32.2. The molecule has 0 saturated carbocycles. The maximum Gasteiger partial charge on any atom is 0.338 e. The fraction of sp³-hybridized carbons (Fsp3) is 0.133. The molecule has 0 aliphatic rings. The van der Waals surface area contributed by atoms with E-state index in [0.29, 0.717) is 11.3 Å². The Hall–Kier alpha value is -1.81. The van der Waals surface area contributed by atoms with Crippen molar-refractivity contribution in [3.63, 3.8) is 0 Å². The number of hydrogen-bond acceptors (Lipinski definition) is 3. The molecule has 2 aromatic rings. The monoisotopic (exact) mass is 276 g/mol. The minimum absolute atomic E-state index is 0.283. The molecule has 4 heteroatoms. The largest absolute Gasteiger partial charge is 0.465 e.